The van der Waals surface area contributed by atoms with Crippen molar-refractivity contribution in [3.63, 3.8) is 0 Å². The molecule has 172 valence electrons. The number of hydrogen-bond donors (Lipinski definition) is 1. The van der Waals surface area contributed by atoms with E-state index >= 15 is 0 Å². The van der Waals surface area contributed by atoms with Gasteiger partial charge in [-0.25, -0.2) is 0 Å². The summed E-state index contributed by atoms with van der Waals surface area (Å²) in [6.45, 7) is 4.04. The standard InChI is InChI=1S/C28H34N4O/c1-19-10-11-20(32-17-21(18-32)30(2)3)16-24(19)27(33)29-28(14-15-28)25-12-13-26(31(4)5)23-9-7-6-8-22(23)25/h6-13,16,21H,14-15,17-18H2,1-5H3,(H,29,33). The predicted molar refractivity (Wildman–Crippen MR) is 138 cm³/mol. The smallest absolute Gasteiger partial charge is 0.252 e. The molecule has 0 atom stereocenters. The van der Waals surface area contributed by atoms with Crippen LogP contribution in [0.15, 0.2) is 54.6 Å². The van der Waals surface area contributed by atoms with Crippen LogP contribution in [-0.4, -0.2) is 58.1 Å². The lowest BCUT2D eigenvalue weighted by molar-refractivity contribution is 0.0930. The summed E-state index contributed by atoms with van der Waals surface area (Å²) in [6, 6.07) is 19.8. The molecule has 33 heavy (non-hydrogen) atoms. The Kier molecular flexibility index (Phi) is 5.32. The quantitative estimate of drug-likeness (QED) is 0.615. The molecule has 3 aromatic rings. The SMILES string of the molecule is Cc1ccc(N2CC(N(C)C)C2)cc1C(=O)NC1(c2ccc(N(C)C)c3ccccc23)CC1. The van der Waals surface area contributed by atoms with Crippen molar-refractivity contribution in [1.29, 1.82) is 0 Å². The molecule has 0 bridgehead atoms. The minimum Gasteiger partial charge on any atom is -0.377 e. The van der Waals surface area contributed by atoms with Crippen molar-refractivity contribution in [3.05, 3.63) is 71.3 Å². The van der Waals surface area contributed by atoms with Crippen LogP contribution in [0.1, 0.15) is 34.3 Å². The van der Waals surface area contributed by atoms with Gasteiger partial charge in [-0.2, -0.15) is 0 Å². The molecule has 1 heterocycles. The molecule has 2 aliphatic rings. The van der Waals surface area contributed by atoms with Gasteiger partial charge in [-0.3, -0.25) is 4.79 Å². The van der Waals surface area contributed by atoms with E-state index in [1.54, 1.807) is 0 Å². The molecule has 1 saturated carbocycles. The number of likely N-dealkylation sites (N-methyl/N-ethyl adjacent to an activating group) is 1. The first-order chi connectivity index (χ1) is 15.8. The molecule has 1 aliphatic carbocycles. The maximum Gasteiger partial charge on any atom is 0.252 e. The van der Waals surface area contributed by atoms with Crippen LogP contribution in [0, 0.1) is 6.92 Å². The van der Waals surface area contributed by atoms with Crippen LogP contribution in [0.25, 0.3) is 10.8 Å². The van der Waals surface area contributed by atoms with Crippen LogP contribution in [0.3, 0.4) is 0 Å². The van der Waals surface area contributed by atoms with E-state index < -0.39 is 0 Å². The number of carbonyl (C=O) groups excluding carboxylic acids is 1. The molecule has 5 nitrogen and oxygen atoms in total. The Morgan fingerprint density at radius 3 is 2.30 bits per heavy atom. The van der Waals surface area contributed by atoms with Crippen LogP contribution in [0.2, 0.25) is 0 Å². The second-order valence-electron chi connectivity index (χ2n) is 10.1. The van der Waals surface area contributed by atoms with E-state index in [4.69, 9.17) is 0 Å². The molecule has 2 fully saturated rings. The van der Waals surface area contributed by atoms with Gasteiger partial charge in [0.25, 0.3) is 5.91 Å². The first kappa shape index (κ1) is 21.8. The summed E-state index contributed by atoms with van der Waals surface area (Å²) in [7, 11) is 8.40. The van der Waals surface area contributed by atoms with Crippen molar-refractivity contribution in [1.82, 2.24) is 10.2 Å². The highest BCUT2D eigenvalue weighted by molar-refractivity contribution is 6.00. The van der Waals surface area contributed by atoms with Crippen molar-refractivity contribution in [2.24, 2.45) is 0 Å². The van der Waals surface area contributed by atoms with Crippen LogP contribution in [0.4, 0.5) is 11.4 Å². The lowest BCUT2D eigenvalue weighted by atomic mass is 9.95. The topological polar surface area (TPSA) is 38.8 Å². The minimum absolute atomic E-state index is 0.0253. The molecule has 1 aliphatic heterocycles. The zero-order valence-corrected chi connectivity index (χ0v) is 20.4. The van der Waals surface area contributed by atoms with Crippen LogP contribution in [0.5, 0.6) is 0 Å². The van der Waals surface area contributed by atoms with Gasteiger partial charge in [0.1, 0.15) is 0 Å². The van der Waals surface area contributed by atoms with Gasteiger partial charge in [0, 0.05) is 55.6 Å². The van der Waals surface area contributed by atoms with Gasteiger partial charge in [0.05, 0.1) is 5.54 Å². The van der Waals surface area contributed by atoms with Crippen molar-refractivity contribution in [2.45, 2.75) is 31.3 Å². The normalized spacial score (nSPS) is 17.2. The van der Waals surface area contributed by atoms with Gasteiger partial charge in [-0.1, -0.05) is 36.4 Å². The zero-order valence-electron chi connectivity index (χ0n) is 20.4. The fourth-order valence-corrected chi connectivity index (χ4v) is 5.01. The Morgan fingerprint density at radius 1 is 0.970 bits per heavy atom. The third kappa shape index (κ3) is 3.84. The number of benzene rings is 3. The van der Waals surface area contributed by atoms with Crippen LogP contribution < -0.4 is 15.1 Å². The number of nitrogens with one attached hydrogen (secondary N) is 1. The van der Waals surface area contributed by atoms with Gasteiger partial charge in [-0.05, 0) is 68.6 Å². The maximum atomic E-state index is 13.5. The number of nitrogens with zero attached hydrogens (tertiary/aromatic N) is 3. The third-order valence-electron chi connectivity index (χ3n) is 7.42. The second-order valence-corrected chi connectivity index (χ2v) is 10.1. The first-order valence-corrected chi connectivity index (χ1v) is 11.8. The molecule has 0 unspecified atom stereocenters. The lowest BCUT2D eigenvalue weighted by Gasteiger charge is -2.44. The van der Waals surface area contributed by atoms with E-state index in [1.807, 2.05) is 6.92 Å². The third-order valence-corrected chi connectivity index (χ3v) is 7.42. The monoisotopic (exact) mass is 442 g/mol. The predicted octanol–water partition coefficient (Wildman–Crippen LogP) is 4.38. The Morgan fingerprint density at radius 2 is 1.67 bits per heavy atom. The molecule has 1 N–H and O–H groups in total. The van der Waals surface area contributed by atoms with Gasteiger partial charge in [0.2, 0.25) is 0 Å². The Hall–Kier alpha value is -3.05. The summed E-state index contributed by atoms with van der Waals surface area (Å²) < 4.78 is 0. The molecule has 1 amide bonds. The Balaban J connectivity index is 1.42. The number of carbonyl (C=O) groups is 1. The number of anilines is 2. The van der Waals surface area contributed by atoms with Gasteiger partial charge < -0.3 is 20.0 Å². The summed E-state index contributed by atoms with van der Waals surface area (Å²) in [5, 5.41) is 5.88. The van der Waals surface area contributed by atoms with E-state index in [1.165, 1.54) is 22.0 Å². The van der Waals surface area contributed by atoms with E-state index in [0.29, 0.717) is 6.04 Å². The molecule has 0 spiro atoms. The van der Waals surface area contributed by atoms with E-state index in [-0.39, 0.29) is 11.4 Å². The summed E-state index contributed by atoms with van der Waals surface area (Å²) >= 11 is 0. The van der Waals surface area contributed by atoms with E-state index in [9.17, 15) is 4.79 Å². The van der Waals surface area contributed by atoms with Crippen molar-refractivity contribution in [3.8, 4) is 0 Å². The average Bonchev–Trinajstić information content (AvgIpc) is 3.52. The zero-order chi connectivity index (χ0) is 23.3. The highest BCUT2D eigenvalue weighted by Gasteiger charge is 2.47. The molecule has 5 rings (SSSR count). The molecule has 3 aromatic carbocycles. The van der Waals surface area contributed by atoms with Crippen molar-refractivity contribution >= 4 is 28.1 Å². The number of amides is 1. The average molecular weight is 443 g/mol. The summed E-state index contributed by atoms with van der Waals surface area (Å²) in [4.78, 5) is 20.3. The van der Waals surface area contributed by atoms with Gasteiger partial charge >= 0.3 is 0 Å². The fraction of sp³-hybridized carbons (Fsp3) is 0.393. The van der Waals surface area contributed by atoms with Crippen LogP contribution in [-0.2, 0) is 5.54 Å². The van der Waals surface area contributed by atoms with Crippen molar-refractivity contribution < 1.29 is 4.79 Å². The Bertz CT molecular complexity index is 1210. The van der Waals surface area contributed by atoms with Crippen molar-refractivity contribution in [2.75, 3.05) is 51.1 Å². The maximum absolute atomic E-state index is 13.5. The van der Waals surface area contributed by atoms with Gasteiger partial charge in [0.15, 0.2) is 0 Å². The summed E-state index contributed by atoms with van der Waals surface area (Å²) in [5.74, 6) is 0.0253. The number of rotatable bonds is 6. The first-order valence-electron chi connectivity index (χ1n) is 11.8. The highest BCUT2D eigenvalue weighted by Crippen LogP contribution is 2.49. The van der Waals surface area contributed by atoms with E-state index in [0.717, 1.165) is 42.7 Å². The molecular weight excluding hydrogens is 408 g/mol. The fourth-order valence-electron chi connectivity index (χ4n) is 5.01. The minimum atomic E-state index is -0.281. The van der Waals surface area contributed by atoms with Crippen LogP contribution >= 0.6 is 0 Å². The largest absolute Gasteiger partial charge is 0.377 e. The van der Waals surface area contributed by atoms with Gasteiger partial charge in [-0.15, -0.1) is 0 Å². The number of aryl methyl sites for hydroxylation is 1. The molecule has 5 heteroatoms. The Labute approximate surface area is 197 Å². The molecule has 0 radical (unpaired) electrons. The highest BCUT2D eigenvalue weighted by atomic mass is 16.1. The molecular formula is C28H34N4O. The lowest BCUT2D eigenvalue weighted by Crippen LogP contribution is -2.57. The summed E-state index contributed by atoms with van der Waals surface area (Å²) in [6.07, 6.45) is 1.94. The summed E-state index contributed by atoms with van der Waals surface area (Å²) in [5.41, 5.74) is 5.07. The molecule has 1 saturated heterocycles. The second kappa shape index (κ2) is 8.07. The molecule has 0 aromatic heterocycles. The number of hydrogen-bond acceptors (Lipinski definition) is 4. The number of fused-ring (bicyclic) bond motifs is 1. The van der Waals surface area contributed by atoms with E-state index in [2.05, 4.69) is 103 Å².